The Morgan fingerprint density at radius 1 is 1.29 bits per heavy atom. The fraction of sp³-hybridized carbons (Fsp3) is 0.176. The standard InChI is InChI=1S/C17H17ClN4O2/c1-3-24-20-17(23)16-11-14(15-8-5-9-21(15)2)19-22(16)13-7-4-6-12(18)10-13/h4-11H,3H2,1-2H3,(H,20,23). The SMILES string of the molecule is CCONC(=O)c1cc(-c2cccn2C)nn1-c1cccc(Cl)c1. The molecule has 6 nitrogen and oxygen atoms in total. The van der Waals surface area contributed by atoms with E-state index in [-0.39, 0.29) is 5.91 Å². The average Bonchev–Trinajstić information content (AvgIpc) is 3.18. The second-order valence-corrected chi connectivity index (χ2v) is 5.61. The Balaban J connectivity index is 2.09. The number of hydrogen-bond acceptors (Lipinski definition) is 3. The summed E-state index contributed by atoms with van der Waals surface area (Å²) in [5.41, 5.74) is 5.06. The number of aromatic nitrogens is 3. The van der Waals surface area contributed by atoms with Crippen molar-refractivity contribution in [2.45, 2.75) is 6.92 Å². The molecule has 0 saturated carbocycles. The summed E-state index contributed by atoms with van der Waals surface area (Å²) in [5.74, 6) is -0.371. The Morgan fingerprint density at radius 2 is 2.12 bits per heavy atom. The lowest BCUT2D eigenvalue weighted by molar-refractivity contribution is 0.0357. The summed E-state index contributed by atoms with van der Waals surface area (Å²) in [6.45, 7) is 2.17. The van der Waals surface area contributed by atoms with E-state index >= 15 is 0 Å². The number of carbonyl (C=O) groups excluding carboxylic acids is 1. The largest absolute Gasteiger partial charge is 0.349 e. The molecule has 0 aliphatic rings. The lowest BCUT2D eigenvalue weighted by Crippen LogP contribution is -2.26. The summed E-state index contributed by atoms with van der Waals surface area (Å²) < 4.78 is 3.50. The van der Waals surface area contributed by atoms with Gasteiger partial charge in [0, 0.05) is 18.3 Å². The highest BCUT2D eigenvalue weighted by Gasteiger charge is 2.19. The number of hydrogen-bond donors (Lipinski definition) is 1. The molecule has 0 aliphatic carbocycles. The van der Waals surface area contributed by atoms with Crippen LogP contribution in [0.15, 0.2) is 48.7 Å². The maximum absolute atomic E-state index is 12.4. The van der Waals surface area contributed by atoms with Crippen molar-refractivity contribution in [1.82, 2.24) is 19.8 Å². The molecule has 0 unspecified atom stereocenters. The first-order valence-electron chi connectivity index (χ1n) is 7.50. The molecule has 24 heavy (non-hydrogen) atoms. The van der Waals surface area contributed by atoms with Crippen LogP contribution in [0.25, 0.3) is 17.1 Å². The van der Waals surface area contributed by atoms with E-state index in [1.54, 1.807) is 29.8 Å². The third-order valence-corrected chi connectivity index (χ3v) is 3.75. The Labute approximate surface area is 144 Å². The first kappa shape index (κ1) is 16.3. The summed E-state index contributed by atoms with van der Waals surface area (Å²) in [6.07, 6.45) is 1.92. The van der Waals surface area contributed by atoms with Crippen LogP contribution in [0.5, 0.6) is 0 Å². The second kappa shape index (κ2) is 6.90. The molecule has 1 amide bonds. The molecule has 3 rings (SSSR count). The molecule has 3 aromatic rings. The van der Waals surface area contributed by atoms with E-state index in [1.165, 1.54) is 0 Å². The van der Waals surface area contributed by atoms with Crippen LogP contribution in [-0.4, -0.2) is 26.9 Å². The lowest BCUT2D eigenvalue weighted by Gasteiger charge is -2.08. The van der Waals surface area contributed by atoms with Gasteiger partial charge in [0.25, 0.3) is 5.91 Å². The molecule has 2 aromatic heterocycles. The van der Waals surface area contributed by atoms with Crippen molar-refractivity contribution in [3.05, 3.63) is 59.4 Å². The van der Waals surface area contributed by atoms with Gasteiger partial charge in [-0.3, -0.25) is 9.63 Å². The summed E-state index contributed by atoms with van der Waals surface area (Å²) in [5, 5.41) is 5.14. The number of carbonyl (C=O) groups is 1. The van der Waals surface area contributed by atoms with Crippen molar-refractivity contribution < 1.29 is 9.63 Å². The van der Waals surface area contributed by atoms with Crippen molar-refractivity contribution in [3.8, 4) is 17.1 Å². The molecule has 7 heteroatoms. The molecular weight excluding hydrogens is 328 g/mol. The fourth-order valence-corrected chi connectivity index (χ4v) is 2.57. The summed E-state index contributed by atoms with van der Waals surface area (Å²) in [6, 6.07) is 12.8. The van der Waals surface area contributed by atoms with Crippen molar-refractivity contribution in [1.29, 1.82) is 0 Å². The summed E-state index contributed by atoms with van der Waals surface area (Å²) >= 11 is 6.07. The number of benzene rings is 1. The molecule has 2 heterocycles. The van der Waals surface area contributed by atoms with E-state index in [4.69, 9.17) is 16.4 Å². The minimum absolute atomic E-state index is 0.363. The quantitative estimate of drug-likeness (QED) is 0.723. The van der Waals surface area contributed by atoms with Gasteiger partial charge >= 0.3 is 0 Å². The van der Waals surface area contributed by atoms with Crippen LogP contribution in [-0.2, 0) is 11.9 Å². The van der Waals surface area contributed by atoms with E-state index in [2.05, 4.69) is 10.6 Å². The normalized spacial score (nSPS) is 10.8. The molecule has 0 radical (unpaired) electrons. The third kappa shape index (κ3) is 3.20. The van der Waals surface area contributed by atoms with Crippen LogP contribution in [0.3, 0.4) is 0 Å². The molecule has 1 aromatic carbocycles. The van der Waals surface area contributed by atoms with E-state index in [9.17, 15) is 4.79 Å². The van der Waals surface area contributed by atoms with E-state index in [0.717, 1.165) is 5.69 Å². The maximum Gasteiger partial charge on any atom is 0.293 e. The monoisotopic (exact) mass is 344 g/mol. The van der Waals surface area contributed by atoms with Crippen molar-refractivity contribution in [2.24, 2.45) is 7.05 Å². The van der Waals surface area contributed by atoms with Gasteiger partial charge in [0.15, 0.2) is 0 Å². The number of rotatable bonds is 5. The van der Waals surface area contributed by atoms with Gasteiger partial charge in [-0.15, -0.1) is 0 Å². The molecule has 0 spiro atoms. The minimum Gasteiger partial charge on any atom is -0.349 e. The van der Waals surface area contributed by atoms with Crippen LogP contribution in [0, 0.1) is 0 Å². The summed E-state index contributed by atoms with van der Waals surface area (Å²) in [4.78, 5) is 17.4. The van der Waals surface area contributed by atoms with Crippen LogP contribution in [0.4, 0.5) is 0 Å². The molecule has 0 aliphatic heterocycles. The molecule has 124 valence electrons. The first-order valence-corrected chi connectivity index (χ1v) is 7.87. The van der Waals surface area contributed by atoms with Crippen molar-refractivity contribution >= 4 is 17.5 Å². The van der Waals surface area contributed by atoms with Gasteiger partial charge in [0.2, 0.25) is 0 Å². The Hall–Kier alpha value is -2.57. The number of halogens is 1. The zero-order chi connectivity index (χ0) is 17.1. The van der Waals surface area contributed by atoms with E-state index in [1.807, 2.05) is 42.1 Å². The highest BCUT2D eigenvalue weighted by Crippen LogP contribution is 2.23. The predicted octanol–water partition coefficient (Wildman–Crippen LogP) is 3.21. The zero-order valence-corrected chi connectivity index (χ0v) is 14.1. The number of nitrogens with zero attached hydrogens (tertiary/aromatic N) is 3. The Kier molecular flexibility index (Phi) is 4.69. The topological polar surface area (TPSA) is 61.1 Å². The molecule has 1 N–H and O–H groups in total. The maximum atomic E-state index is 12.4. The van der Waals surface area contributed by atoms with Gasteiger partial charge in [-0.2, -0.15) is 5.10 Å². The molecular formula is C17H17ClN4O2. The smallest absolute Gasteiger partial charge is 0.293 e. The second-order valence-electron chi connectivity index (χ2n) is 5.18. The van der Waals surface area contributed by atoms with Crippen LogP contribution in [0.2, 0.25) is 5.02 Å². The van der Waals surface area contributed by atoms with Crippen LogP contribution in [0.1, 0.15) is 17.4 Å². The van der Waals surface area contributed by atoms with Gasteiger partial charge in [-0.25, -0.2) is 10.2 Å². The van der Waals surface area contributed by atoms with Gasteiger partial charge in [0.1, 0.15) is 11.4 Å². The average molecular weight is 345 g/mol. The molecule has 0 saturated heterocycles. The predicted molar refractivity (Wildman–Crippen MR) is 92.1 cm³/mol. The minimum atomic E-state index is -0.371. The third-order valence-electron chi connectivity index (χ3n) is 3.51. The molecule has 0 bridgehead atoms. The lowest BCUT2D eigenvalue weighted by atomic mass is 10.2. The fourth-order valence-electron chi connectivity index (χ4n) is 2.39. The number of aryl methyl sites for hydroxylation is 1. The first-order chi connectivity index (χ1) is 11.6. The molecule has 0 atom stereocenters. The number of amides is 1. The highest BCUT2D eigenvalue weighted by atomic mass is 35.5. The van der Waals surface area contributed by atoms with Crippen molar-refractivity contribution in [2.75, 3.05) is 6.61 Å². The number of hydroxylamine groups is 1. The highest BCUT2D eigenvalue weighted by molar-refractivity contribution is 6.30. The Morgan fingerprint density at radius 3 is 2.79 bits per heavy atom. The molecule has 0 fully saturated rings. The Bertz CT molecular complexity index is 869. The van der Waals surface area contributed by atoms with Crippen LogP contribution < -0.4 is 5.48 Å². The van der Waals surface area contributed by atoms with Crippen molar-refractivity contribution in [3.63, 3.8) is 0 Å². The van der Waals surface area contributed by atoms with Gasteiger partial charge in [-0.1, -0.05) is 17.7 Å². The van der Waals surface area contributed by atoms with E-state index < -0.39 is 0 Å². The van der Waals surface area contributed by atoms with Crippen LogP contribution >= 0.6 is 11.6 Å². The number of nitrogens with one attached hydrogen (secondary N) is 1. The van der Waals surface area contributed by atoms with Gasteiger partial charge in [0.05, 0.1) is 18.0 Å². The zero-order valence-electron chi connectivity index (χ0n) is 13.4. The van der Waals surface area contributed by atoms with Gasteiger partial charge < -0.3 is 4.57 Å². The van der Waals surface area contributed by atoms with Gasteiger partial charge in [-0.05, 0) is 43.3 Å². The van der Waals surface area contributed by atoms with E-state index in [0.29, 0.717) is 28.7 Å². The summed E-state index contributed by atoms with van der Waals surface area (Å²) in [7, 11) is 1.92.